The normalized spacial score (nSPS) is 15.5. The van der Waals surface area contributed by atoms with Crippen LogP contribution >= 0.6 is 6.04 Å². The Labute approximate surface area is 272 Å². The molecule has 7 aromatic rings. The molecule has 0 N–H and O–H groups in total. The van der Waals surface area contributed by atoms with Crippen molar-refractivity contribution in [2.75, 3.05) is 0 Å². The van der Waals surface area contributed by atoms with Gasteiger partial charge in [0.1, 0.15) is 23.0 Å². The van der Waals surface area contributed by atoms with E-state index in [0.717, 1.165) is 83.4 Å². The molecule has 2 aliphatic rings. The van der Waals surface area contributed by atoms with Gasteiger partial charge >= 0.3 is 0 Å². The van der Waals surface area contributed by atoms with Crippen LogP contribution in [0.1, 0.15) is 0 Å². The van der Waals surface area contributed by atoms with Gasteiger partial charge in [0.2, 0.25) is 0 Å². The lowest BCUT2D eigenvalue weighted by molar-refractivity contribution is 0.467. The van der Waals surface area contributed by atoms with Crippen LogP contribution in [-0.2, 0) is 11.8 Å². The molecular formula is C41H26NO2PS. The van der Waals surface area contributed by atoms with Gasteiger partial charge in [-0.3, -0.25) is 4.98 Å². The third-order valence-electron chi connectivity index (χ3n) is 8.82. The van der Waals surface area contributed by atoms with Crippen LogP contribution in [0.3, 0.4) is 0 Å². The fourth-order valence-corrected chi connectivity index (χ4v) is 11.1. The average molecular weight is 628 g/mol. The number of aromatic nitrogens is 1. The predicted molar refractivity (Wildman–Crippen MR) is 192 cm³/mol. The highest BCUT2D eigenvalue weighted by molar-refractivity contribution is 8.26. The van der Waals surface area contributed by atoms with E-state index < -0.39 is 6.04 Å². The Morgan fingerprint density at radius 3 is 1.67 bits per heavy atom. The molecule has 0 saturated heterocycles. The van der Waals surface area contributed by atoms with E-state index in [-0.39, 0.29) is 0 Å². The molecule has 0 aliphatic carbocycles. The van der Waals surface area contributed by atoms with Crippen LogP contribution in [0.2, 0.25) is 0 Å². The molecule has 3 nitrogen and oxygen atoms in total. The van der Waals surface area contributed by atoms with E-state index >= 15 is 0 Å². The minimum absolute atomic E-state index is 0.765. The molecule has 2 aliphatic heterocycles. The van der Waals surface area contributed by atoms with Gasteiger partial charge in [0, 0.05) is 34.1 Å². The van der Waals surface area contributed by atoms with Crippen LogP contribution in [0.5, 0.6) is 23.0 Å². The van der Waals surface area contributed by atoms with Crippen molar-refractivity contribution in [1.29, 1.82) is 0 Å². The molecule has 46 heavy (non-hydrogen) atoms. The summed E-state index contributed by atoms with van der Waals surface area (Å²) in [5.41, 5.74) is 8.71. The van der Waals surface area contributed by atoms with Crippen LogP contribution in [0.15, 0.2) is 158 Å². The smallest absolute Gasteiger partial charge is 0.148 e. The first-order valence-electron chi connectivity index (χ1n) is 15.2. The second kappa shape index (κ2) is 10.7. The predicted octanol–water partition coefficient (Wildman–Crippen LogP) is 9.72. The standard InChI is InChI=1S/C41H26NO2PS/c46-45-38-24-30(27-9-3-1-4-10-27)16-19-35(38)43-37-21-18-34(32-14-7-13-29(23-32)33-15-8-22-42-26-33)40(41(37)45)44-36-20-17-31(25-39(36)45)28-11-5-2-6-12-28/h1-26H. The van der Waals surface area contributed by atoms with E-state index in [1.165, 1.54) is 0 Å². The van der Waals surface area contributed by atoms with E-state index in [0.29, 0.717) is 0 Å². The number of rotatable bonds is 4. The third kappa shape index (κ3) is 4.26. The zero-order chi connectivity index (χ0) is 30.7. The molecule has 0 amide bonds. The summed E-state index contributed by atoms with van der Waals surface area (Å²) >= 11 is 7.03. The minimum atomic E-state index is -2.65. The summed E-state index contributed by atoms with van der Waals surface area (Å²) in [6, 6.07) is 47.9. The third-order valence-corrected chi connectivity index (χ3v) is 13.7. The molecular weight excluding hydrogens is 601 g/mol. The topological polar surface area (TPSA) is 31.4 Å². The van der Waals surface area contributed by atoms with Crippen molar-refractivity contribution < 1.29 is 9.47 Å². The molecule has 1 atom stereocenters. The van der Waals surface area contributed by atoms with Gasteiger partial charge in [0.05, 0.1) is 11.3 Å². The SMILES string of the molecule is S=P12c3cc(-c4ccccc4)ccc3Oc3ccc(-c4cccc(-c5cccnc5)c4)c(c31)Oc1ccc(-c3ccccc3)cc12. The number of ether oxygens (including phenoxy) is 2. The van der Waals surface area contributed by atoms with Gasteiger partial charge in [-0.25, -0.2) is 0 Å². The molecule has 6 aromatic carbocycles. The fourth-order valence-electron chi connectivity index (χ4n) is 6.58. The van der Waals surface area contributed by atoms with Crippen molar-refractivity contribution in [3.8, 4) is 67.5 Å². The molecule has 1 unspecified atom stereocenters. The van der Waals surface area contributed by atoms with Gasteiger partial charge in [0.15, 0.2) is 0 Å². The molecule has 0 bridgehead atoms. The van der Waals surface area contributed by atoms with Crippen molar-refractivity contribution >= 4 is 33.8 Å². The van der Waals surface area contributed by atoms with Crippen LogP contribution in [0, 0.1) is 0 Å². The first kappa shape index (κ1) is 27.1. The van der Waals surface area contributed by atoms with Gasteiger partial charge in [-0.05, 0) is 81.9 Å². The zero-order valence-electron chi connectivity index (χ0n) is 24.6. The summed E-state index contributed by atoms with van der Waals surface area (Å²) in [5.74, 6) is 3.15. The molecule has 0 spiro atoms. The molecule has 3 heterocycles. The number of hydrogen-bond donors (Lipinski definition) is 0. The molecule has 0 saturated carbocycles. The van der Waals surface area contributed by atoms with E-state index in [4.69, 9.17) is 21.3 Å². The number of fused-ring (bicyclic) bond motifs is 4. The summed E-state index contributed by atoms with van der Waals surface area (Å²) in [4.78, 5) is 4.34. The van der Waals surface area contributed by atoms with Crippen LogP contribution in [-0.4, -0.2) is 4.98 Å². The Hall–Kier alpha value is -5.28. The van der Waals surface area contributed by atoms with Gasteiger partial charge in [-0.15, -0.1) is 0 Å². The quantitative estimate of drug-likeness (QED) is 0.182. The highest BCUT2D eigenvalue weighted by Crippen LogP contribution is 2.60. The van der Waals surface area contributed by atoms with Gasteiger partial charge in [-0.2, -0.15) is 0 Å². The number of nitrogens with zero attached hydrogens (tertiary/aromatic N) is 1. The van der Waals surface area contributed by atoms with Crippen molar-refractivity contribution in [3.05, 3.63) is 158 Å². The van der Waals surface area contributed by atoms with E-state index in [2.05, 4.69) is 132 Å². The number of hydrogen-bond acceptors (Lipinski definition) is 4. The Bertz CT molecular complexity index is 2280. The monoisotopic (exact) mass is 627 g/mol. The minimum Gasteiger partial charge on any atom is -0.456 e. The first-order valence-corrected chi connectivity index (χ1v) is 18.0. The highest BCUT2D eigenvalue weighted by Gasteiger charge is 2.44. The highest BCUT2D eigenvalue weighted by atomic mass is 32.4. The van der Waals surface area contributed by atoms with Crippen LogP contribution < -0.4 is 25.4 Å². The molecule has 9 rings (SSSR count). The first-order chi connectivity index (χ1) is 22.7. The average Bonchev–Trinajstić information content (AvgIpc) is 3.13. The number of pyridine rings is 1. The lowest BCUT2D eigenvalue weighted by Crippen LogP contribution is -2.35. The maximum absolute atomic E-state index is 7.03. The molecule has 218 valence electrons. The zero-order valence-corrected chi connectivity index (χ0v) is 26.3. The largest absolute Gasteiger partial charge is 0.456 e. The Balaban J connectivity index is 1.30. The summed E-state index contributed by atoms with van der Waals surface area (Å²) < 4.78 is 13.6. The lowest BCUT2D eigenvalue weighted by Gasteiger charge is -2.38. The van der Waals surface area contributed by atoms with E-state index in [1.54, 1.807) is 6.20 Å². The van der Waals surface area contributed by atoms with Crippen molar-refractivity contribution in [1.82, 2.24) is 4.98 Å². The fraction of sp³-hybridized carbons (Fsp3) is 0. The van der Waals surface area contributed by atoms with E-state index in [1.807, 2.05) is 24.4 Å². The molecule has 1 aromatic heterocycles. The Morgan fingerprint density at radius 2 is 1.02 bits per heavy atom. The lowest BCUT2D eigenvalue weighted by atomic mass is 9.99. The maximum Gasteiger partial charge on any atom is 0.148 e. The number of benzene rings is 6. The van der Waals surface area contributed by atoms with Gasteiger partial charge in [0.25, 0.3) is 0 Å². The molecule has 0 fully saturated rings. The Kier molecular flexibility index (Phi) is 6.28. The summed E-state index contributed by atoms with van der Waals surface area (Å²) in [6.07, 6.45) is 3.69. The van der Waals surface area contributed by atoms with E-state index in [9.17, 15) is 0 Å². The Morgan fingerprint density at radius 1 is 0.457 bits per heavy atom. The van der Waals surface area contributed by atoms with Gasteiger partial charge < -0.3 is 9.47 Å². The second-order valence-corrected chi connectivity index (χ2v) is 15.8. The summed E-state index contributed by atoms with van der Waals surface area (Å²) in [7, 11) is 0. The summed E-state index contributed by atoms with van der Waals surface area (Å²) in [6.45, 7) is 0. The maximum atomic E-state index is 7.03. The van der Waals surface area contributed by atoms with Crippen LogP contribution in [0.4, 0.5) is 0 Å². The van der Waals surface area contributed by atoms with Crippen molar-refractivity contribution in [2.45, 2.75) is 0 Å². The molecule has 5 heteroatoms. The van der Waals surface area contributed by atoms with Gasteiger partial charge in [-0.1, -0.05) is 109 Å². The molecule has 0 radical (unpaired) electrons. The summed E-state index contributed by atoms with van der Waals surface area (Å²) in [5, 5.41) is 3.07. The van der Waals surface area contributed by atoms with Crippen molar-refractivity contribution in [3.63, 3.8) is 0 Å². The second-order valence-electron chi connectivity index (χ2n) is 11.5. The van der Waals surface area contributed by atoms with Crippen molar-refractivity contribution in [2.24, 2.45) is 0 Å². The van der Waals surface area contributed by atoms with Crippen LogP contribution in [0.25, 0.3) is 44.5 Å².